The number of amides is 4. The monoisotopic (exact) mass is 379 g/mol. The second kappa shape index (κ2) is 7.13. The summed E-state index contributed by atoms with van der Waals surface area (Å²) < 4.78 is 5.01. The summed E-state index contributed by atoms with van der Waals surface area (Å²) in [5, 5.41) is 2.82. The number of hydrogen-bond donors (Lipinski definition) is 1. The molecule has 0 radical (unpaired) electrons. The van der Waals surface area contributed by atoms with Gasteiger partial charge in [-0.05, 0) is 43.4 Å². The Balaban J connectivity index is 1.58. The number of urea groups is 1. The maximum atomic E-state index is 13.0. The van der Waals surface area contributed by atoms with Crippen molar-refractivity contribution in [2.24, 2.45) is 11.3 Å². The van der Waals surface area contributed by atoms with Gasteiger partial charge in [-0.25, -0.2) is 4.79 Å². The standard InChI is InChI=1S/C19H29N3O5/c1-13-8-18(2,3)12-19(9-13)16(25)22(17(26)20-19)10-15(24)27-11-14(23)21-6-4-5-7-21/h13H,4-12H2,1-3H3,(H,20,26)/t13-,19-/m0/s1. The molecule has 3 aliphatic rings. The minimum absolute atomic E-state index is 0.0702. The number of carbonyl (C=O) groups is 4. The maximum absolute atomic E-state index is 13.0. The highest BCUT2D eigenvalue weighted by molar-refractivity contribution is 6.08. The van der Waals surface area contributed by atoms with Crippen LogP contribution in [0.3, 0.4) is 0 Å². The van der Waals surface area contributed by atoms with Crippen LogP contribution in [0.4, 0.5) is 4.79 Å². The molecule has 1 aliphatic carbocycles. The predicted octanol–water partition coefficient (Wildman–Crippen LogP) is 1.29. The number of likely N-dealkylation sites (tertiary alicyclic amines) is 1. The Labute approximate surface area is 159 Å². The highest BCUT2D eigenvalue weighted by atomic mass is 16.5. The fourth-order valence-corrected chi connectivity index (χ4v) is 5.02. The zero-order chi connectivity index (χ0) is 19.8. The maximum Gasteiger partial charge on any atom is 0.326 e. The van der Waals surface area contributed by atoms with Crippen molar-refractivity contribution in [3.8, 4) is 0 Å². The average Bonchev–Trinajstić information content (AvgIpc) is 3.15. The molecule has 0 aromatic heterocycles. The topological polar surface area (TPSA) is 96.0 Å². The molecule has 27 heavy (non-hydrogen) atoms. The number of nitrogens with zero attached hydrogens (tertiary/aromatic N) is 2. The van der Waals surface area contributed by atoms with E-state index < -0.39 is 24.1 Å². The van der Waals surface area contributed by atoms with Crippen LogP contribution in [0, 0.1) is 11.3 Å². The Bertz CT molecular complexity index is 656. The molecule has 1 spiro atoms. The SMILES string of the molecule is C[C@H]1CC(C)(C)C[C@]2(C1)NC(=O)N(CC(=O)OCC(=O)N1CCCC1)C2=O. The Hall–Kier alpha value is -2.12. The number of hydrogen-bond acceptors (Lipinski definition) is 5. The van der Waals surface area contributed by atoms with Crippen LogP contribution in [-0.2, 0) is 19.1 Å². The smallest absolute Gasteiger partial charge is 0.326 e. The third-order valence-corrected chi connectivity index (χ3v) is 5.73. The van der Waals surface area contributed by atoms with Gasteiger partial charge in [0.05, 0.1) is 0 Å². The molecule has 4 amide bonds. The van der Waals surface area contributed by atoms with Crippen LogP contribution in [0.5, 0.6) is 0 Å². The predicted molar refractivity (Wildman–Crippen MR) is 96.5 cm³/mol. The quantitative estimate of drug-likeness (QED) is 0.586. The van der Waals surface area contributed by atoms with E-state index in [1.54, 1.807) is 4.90 Å². The van der Waals surface area contributed by atoms with Gasteiger partial charge in [0, 0.05) is 13.1 Å². The van der Waals surface area contributed by atoms with E-state index in [0.717, 1.165) is 24.2 Å². The summed E-state index contributed by atoms with van der Waals surface area (Å²) in [4.78, 5) is 52.0. The lowest BCUT2D eigenvalue weighted by Crippen LogP contribution is -2.54. The van der Waals surface area contributed by atoms with Crippen LogP contribution in [-0.4, -0.2) is 65.4 Å². The zero-order valence-electron chi connectivity index (χ0n) is 16.4. The van der Waals surface area contributed by atoms with Gasteiger partial charge in [-0.2, -0.15) is 0 Å². The van der Waals surface area contributed by atoms with E-state index in [1.165, 1.54) is 0 Å². The molecule has 3 rings (SSSR count). The molecule has 0 bridgehead atoms. The van der Waals surface area contributed by atoms with E-state index in [4.69, 9.17) is 4.74 Å². The van der Waals surface area contributed by atoms with Crippen LogP contribution in [0.25, 0.3) is 0 Å². The first-order valence-electron chi connectivity index (χ1n) is 9.69. The van der Waals surface area contributed by atoms with Crippen molar-refractivity contribution in [2.75, 3.05) is 26.2 Å². The van der Waals surface area contributed by atoms with E-state index in [0.29, 0.717) is 31.8 Å². The third kappa shape index (κ3) is 4.09. The summed E-state index contributed by atoms with van der Waals surface area (Å²) in [6, 6.07) is -0.562. The molecule has 0 aromatic rings. The number of rotatable bonds is 4. The fraction of sp³-hybridized carbons (Fsp3) is 0.789. The molecular weight excluding hydrogens is 350 g/mol. The minimum Gasteiger partial charge on any atom is -0.454 e. The van der Waals surface area contributed by atoms with Gasteiger partial charge in [0.1, 0.15) is 12.1 Å². The molecular formula is C19H29N3O5. The molecule has 150 valence electrons. The number of esters is 1. The molecule has 1 saturated carbocycles. The minimum atomic E-state index is -0.941. The summed E-state index contributed by atoms with van der Waals surface area (Å²) in [7, 11) is 0. The molecule has 2 aliphatic heterocycles. The number of imide groups is 1. The molecule has 1 N–H and O–H groups in total. The lowest BCUT2D eigenvalue weighted by molar-refractivity contribution is -0.153. The van der Waals surface area contributed by atoms with Gasteiger partial charge in [0.25, 0.3) is 11.8 Å². The number of ether oxygens (including phenoxy) is 1. The van der Waals surface area contributed by atoms with E-state index in [9.17, 15) is 19.2 Å². The highest BCUT2D eigenvalue weighted by Crippen LogP contribution is 2.46. The summed E-state index contributed by atoms with van der Waals surface area (Å²) >= 11 is 0. The van der Waals surface area contributed by atoms with Crippen molar-refractivity contribution >= 4 is 23.8 Å². The Morgan fingerprint density at radius 2 is 1.85 bits per heavy atom. The van der Waals surface area contributed by atoms with Crippen LogP contribution in [0.15, 0.2) is 0 Å². The van der Waals surface area contributed by atoms with Crippen molar-refractivity contribution in [1.29, 1.82) is 0 Å². The van der Waals surface area contributed by atoms with Crippen LogP contribution in [0.2, 0.25) is 0 Å². The van der Waals surface area contributed by atoms with Gasteiger partial charge < -0.3 is 15.0 Å². The molecule has 2 heterocycles. The normalized spacial score (nSPS) is 30.0. The molecule has 8 heteroatoms. The first-order chi connectivity index (χ1) is 12.6. The molecule has 0 unspecified atom stereocenters. The van der Waals surface area contributed by atoms with E-state index in [1.807, 2.05) is 0 Å². The fourth-order valence-electron chi connectivity index (χ4n) is 5.02. The van der Waals surface area contributed by atoms with Crippen molar-refractivity contribution in [2.45, 2.75) is 58.4 Å². The van der Waals surface area contributed by atoms with Crippen molar-refractivity contribution in [3.63, 3.8) is 0 Å². The van der Waals surface area contributed by atoms with Crippen LogP contribution >= 0.6 is 0 Å². The van der Waals surface area contributed by atoms with Gasteiger partial charge in [0.2, 0.25) is 0 Å². The van der Waals surface area contributed by atoms with E-state index >= 15 is 0 Å². The largest absolute Gasteiger partial charge is 0.454 e. The molecule has 2 atom stereocenters. The average molecular weight is 379 g/mol. The first-order valence-corrected chi connectivity index (χ1v) is 9.69. The second-order valence-corrected chi connectivity index (χ2v) is 9.01. The summed E-state index contributed by atoms with van der Waals surface area (Å²) in [5.74, 6) is -1.05. The lowest BCUT2D eigenvalue weighted by atomic mass is 9.64. The van der Waals surface area contributed by atoms with Gasteiger partial charge in [-0.1, -0.05) is 20.8 Å². The Morgan fingerprint density at radius 3 is 2.48 bits per heavy atom. The lowest BCUT2D eigenvalue weighted by Gasteiger charge is -2.43. The Kier molecular flexibility index (Phi) is 5.18. The molecule has 2 saturated heterocycles. The van der Waals surface area contributed by atoms with Crippen molar-refractivity contribution in [3.05, 3.63) is 0 Å². The highest BCUT2D eigenvalue weighted by Gasteiger charge is 2.56. The third-order valence-electron chi connectivity index (χ3n) is 5.73. The zero-order valence-corrected chi connectivity index (χ0v) is 16.4. The summed E-state index contributed by atoms with van der Waals surface area (Å²) in [5.41, 5.74) is -1.01. The van der Waals surface area contributed by atoms with Gasteiger partial charge in [-0.15, -0.1) is 0 Å². The van der Waals surface area contributed by atoms with E-state index in [-0.39, 0.29) is 23.8 Å². The van der Waals surface area contributed by atoms with Gasteiger partial charge >= 0.3 is 12.0 Å². The number of carbonyl (C=O) groups excluding carboxylic acids is 4. The number of nitrogens with one attached hydrogen (secondary N) is 1. The molecule has 8 nitrogen and oxygen atoms in total. The van der Waals surface area contributed by atoms with Crippen molar-refractivity contribution in [1.82, 2.24) is 15.1 Å². The summed E-state index contributed by atoms with van der Waals surface area (Å²) in [6.45, 7) is 6.80. The second-order valence-electron chi connectivity index (χ2n) is 9.01. The van der Waals surface area contributed by atoms with Gasteiger partial charge in [0.15, 0.2) is 6.61 Å². The molecule has 0 aromatic carbocycles. The van der Waals surface area contributed by atoms with Crippen LogP contribution < -0.4 is 5.32 Å². The van der Waals surface area contributed by atoms with E-state index in [2.05, 4.69) is 26.1 Å². The van der Waals surface area contributed by atoms with Crippen LogP contribution in [0.1, 0.15) is 52.9 Å². The van der Waals surface area contributed by atoms with Gasteiger partial charge in [-0.3, -0.25) is 19.3 Å². The summed E-state index contributed by atoms with van der Waals surface area (Å²) in [6.07, 6.45) is 4.02. The Morgan fingerprint density at radius 1 is 1.19 bits per heavy atom. The van der Waals surface area contributed by atoms with Crippen molar-refractivity contribution < 1.29 is 23.9 Å². The molecule has 3 fully saturated rings. The first kappa shape index (κ1) is 19.6.